The molecule has 3 nitrogen and oxygen atoms in total. The van der Waals surface area contributed by atoms with E-state index in [4.69, 9.17) is 0 Å². The Morgan fingerprint density at radius 2 is 2.50 bits per heavy atom. The summed E-state index contributed by atoms with van der Waals surface area (Å²) < 4.78 is 0. The third-order valence-corrected chi connectivity index (χ3v) is 2.49. The predicted molar refractivity (Wildman–Crippen MR) is 58.5 cm³/mol. The third kappa shape index (κ3) is 3.07. The van der Waals surface area contributed by atoms with Crippen LogP contribution in [0.1, 0.15) is 26.7 Å². The molecule has 0 saturated carbocycles. The quantitative estimate of drug-likeness (QED) is 0.737. The molecule has 0 spiro atoms. The number of nitrogens with one attached hydrogen (secondary N) is 1. The molecule has 0 aromatic heterocycles. The Balaban J connectivity index is 2.55. The highest BCUT2D eigenvalue weighted by molar-refractivity contribution is 5.81. The topological polar surface area (TPSA) is 41.5 Å². The molecule has 1 aliphatic rings. The summed E-state index contributed by atoms with van der Waals surface area (Å²) in [5.41, 5.74) is 1.26. The SMILES string of the molecule is CN[C@@H](CC1=CN=CC(C)C1)C(C)=O. The van der Waals surface area contributed by atoms with E-state index in [0.717, 1.165) is 12.8 Å². The fourth-order valence-corrected chi connectivity index (χ4v) is 1.66. The largest absolute Gasteiger partial charge is 0.310 e. The van der Waals surface area contributed by atoms with Crippen LogP contribution in [0.15, 0.2) is 16.8 Å². The summed E-state index contributed by atoms with van der Waals surface area (Å²) in [6.45, 7) is 3.76. The number of hydrogen-bond donors (Lipinski definition) is 1. The molecule has 0 aliphatic carbocycles. The summed E-state index contributed by atoms with van der Waals surface area (Å²) in [6.07, 6.45) is 5.64. The zero-order chi connectivity index (χ0) is 10.6. The number of carbonyl (C=O) groups is 1. The summed E-state index contributed by atoms with van der Waals surface area (Å²) in [6, 6.07) is -0.0539. The lowest BCUT2D eigenvalue weighted by atomic mass is 9.94. The predicted octanol–water partition coefficient (Wildman–Crippen LogP) is 1.55. The van der Waals surface area contributed by atoms with Gasteiger partial charge in [0.05, 0.1) is 6.04 Å². The standard InChI is InChI=1S/C11H18N2O/c1-8-4-10(7-13-6-8)5-11(12-3)9(2)14/h6-8,11-12H,4-5H2,1-3H3/t8?,11-/m0/s1. The molecular weight excluding hydrogens is 176 g/mol. The molecule has 0 aromatic rings. The summed E-state index contributed by atoms with van der Waals surface area (Å²) >= 11 is 0. The number of ketones is 1. The molecule has 1 N–H and O–H groups in total. The summed E-state index contributed by atoms with van der Waals surface area (Å²) in [5, 5.41) is 3.02. The van der Waals surface area contributed by atoms with Crippen molar-refractivity contribution >= 4 is 12.0 Å². The molecule has 0 fully saturated rings. The van der Waals surface area contributed by atoms with Gasteiger partial charge in [-0.3, -0.25) is 9.79 Å². The van der Waals surface area contributed by atoms with Gasteiger partial charge in [0.25, 0.3) is 0 Å². The second kappa shape index (κ2) is 5.05. The molecule has 2 atom stereocenters. The maximum Gasteiger partial charge on any atom is 0.146 e. The molecule has 1 rings (SSSR count). The Bertz CT molecular complexity index is 268. The van der Waals surface area contributed by atoms with Crippen LogP contribution in [-0.4, -0.2) is 25.1 Å². The van der Waals surface area contributed by atoms with E-state index in [2.05, 4.69) is 17.2 Å². The van der Waals surface area contributed by atoms with Crippen LogP contribution in [-0.2, 0) is 4.79 Å². The highest BCUT2D eigenvalue weighted by atomic mass is 16.1. The van der Waals surface area contributed by atoms with Crippen molar-refractivity contribution in [1.82, 2.24) is 5.32 Å². The zero-order valence-electron chi connectivity index (χ0n) is 9.08. The lowest BCUT2D eigenvalue weighted by Crippen LogP contribution is -2.33. The number of carbonyl (C=O) groups excluding carboxylic acids is 1. The number of likely N-dealkylation sites (N-methyl/N-ethyl adjacent to an activating group) is 1. The van der Waals surface area contributed by atoms with Gasteiger partial charge in [-0.25, -0.2) is 0 Å². The molecule has 0 bridgehead atoms. The fraction of sp³-hybridized carbons (Fsp3) is 0.636. The molecular formula is C11H18N2O. The molecule has 0 radical (unpaired) electrons. The van der Waals surface area contributed by atoms with Crippen LogP contribution in [0.2, 0.25) is 0 Å². The normalized spacial score (nSPS) is 23.1. The first-order valence-electron chi connectivity index (χ1n) is 5.02. The van der Waals surface area contributed by atoms with Crippen molar-refractivity contribution in [3.8, 4) is 0 Å². The number of nitrogens with zero attached hydrogens (tertiary/aromatic N) is 1. The maximum atomic E-state index is 11.2. The highest BCUT2D eigenvalue weighted by Crippen LogP contribution is 2.19. The zero-order valence-corrected chi connectivity index (χ0v) is 9.08. The molecule has 0 aromatic carbocycles. The number of aliphatic imine (C=N–C) groups is 1. The number of rotatable bonds is 4. The number of Topliss-reactive ketones (excluding diaryl/α,β-unsaturated/α-hetero) is 1. The lowest BCUT2D eigenvalue weighted by molar-refractivity contribution is -0.118. The Labute approximate surface area is 85.3 Å². The molecule has 1 aliphatic heterocycles. The lowest BCUT2D eigenvalue weighted by Gasteiger charge is -2.18. The molecule has 78 valence electrons. The van der Waals surface area contributed by atoms with E-state index in [9.17, 15) is 4.79 Å². The maximum absolute atomic E-state index is 11.2. The van der Waals surface area contributed by atoms with Gasteiger partial charge in [-0.2, -0.15) is 0 Å². The minimum absolute atomic E-state index is 0.0539. The molecule has 1 heterocycles. The van der Waals surface area contributed by atoms with Crippen LogP contribution in [0.4, 0.5) is 0 Å². The smallest absolute Gasteiger partial charge is 0.146 e. The van der Waals surface area contributed by atoms with Crippen LogP contribution in [0.25, 0.3) is 0 Å². The third-order valence-electron chi connectivity index (χ3n) is 2.49. The first-order valence-corrected chi connectivity index (χ1v) is 5.02. The summed E-state index contributed by atoms with van der Waals surface area (Å²) in [4.78, 5) is 15.4. The van der Waals surface area contributed by atoms with Gasteiger partial charge in [-0.05, 0) is 38.3 Å². The van der Waals surface area contributed by atoms with Crippen LogP contribution >= 0.6 is 0 Å². The van der Waals surface area contributed by atoms with Crippen LogP contribution < -0.4 is 5.32 Å². The second-order valence-corrected chi connectivity index (χ2v) is 3.92. The molecule has 0 amide bonds. The van der Waals surface area contributed by atoms with E-state index < -0.39 is 0 Å². The van der Waals surface area contributed by atoms with E-state index in [1.807, 2.05) is 19.5 Å². The van der Waals surface area contributed by atoms with Crippen LogP contribution in [0.3, 0.4) is 0 Å². The van der Waals surface area contributed by atoms with Gasteiger partial charge in [0.1, 0.15) is 5.78 Å². The van der Waals surface area contributed by atoms with E-state index in [-0.39, 0.29) is 11.8 Å². The molecule has 14 heavy (non-hydrogen) atoms. The average molecular weight is 194 g/mol. The average Bonchev–Trinajstić information content (AvgIpc) is 2.14. The Hall–Kier alpha value is -0.960. The summed E-state index contributed by atoms with van der Waals surface area (Å²) in [5.74, 6) is 0.690. The van der Waals surface area contributed by atoms with Crippen molar-refractivity contribution in [2.75, 3.05) is 7.05 Å². The van der Waals surface area contributed by atoms with Crippen molar-refractivity contribution in [3.63, 3.8) is 0 Å². The van der Waals surface area contributed by atoms with Gasteiger partial charge >= 0.3 is 0 Å². The van der Waals surface area contributed by atoms with Crippen molar-refractivity contribution in [1.29, 1.82) is 0 Å². The van der Waals surface area contributed by atoms with Gasteiger partial charge in [0.2, 0.25) is 0 Å². The van der Waals surface area contributed by atoms with Gasteiger partial charge in [-0.1, -0.05) is 6.92 Å². The second-order valence-electron chi connectivity index (χ2n) is 3.92. The Morgan fingerprint density at radius 1 is 1.79 bits per heavy atom. The summed E-state index contributed by atoms with van der Waals surface area (Å²) in [7, 11) is 1.82. The van der Waals surface area contributed by atoms with Crippen molar-refractivity contribution in [3.05, 3.63) is 11.8 Å². The van der Waals surface area contributed by atoms with Gasteiger partial charge in [0.15, 0.2) is 0 Å². The van der Waals surface area contributed by atoms with Crippen LogP contribution in [0.5, 0.6) is 0 Å². The fourth-order valence-electron chi connectivity index (χ4n) is 1.66. The van der Waals surface area contributed by atoms with Crippen molar-refractivity contribution in [2.45, 2.75) is 32.7 Å². The Morgan fingerprint density at radius 3 is 3.00 bits per heavy atom. The van der Waals surface area contributed by atoms with Crippen molar-refractivity contribution < 1.29 is 4.79 Å². The van der Waals surface area contributed by atoms with E-state index in [0.29, 0.717) is 5.92 Å². The van der Waals surface area contributed by atoms with Gasteiger partial charge in [-0.15, -0.1) is 0 Å². The van der Waals surface area contributed by atoms with Crippen molar-refractivity contribution in [2.24, 2.45) is 10.9 Å². The first-order chi connectivity index (χ1) is 6.63. The van der Waals surface area contributed by atoms with Crippen LogP contribution in [0, 0.1) is 5.92 Å². The van der Waals surface area contributed by atoms with Gasteiger partial charge < -0.3 is 5.32 Å². The minimum Gasteiger partial charge on any atom is -0.310 e. The number of hydrogen-bond acceptors (Lipinski definition) is 3. The molecule has 0 saturated heterocycles. The molecule has 1 unspecified atom stereocenters. The first kappa shape index (κ1) is 11.1. The van der Waals surface area contributed by atoms with E-state index in [1.54, 1.807) is 6.92 Å². The monoisotopic (exact) mass is 194 g/mol. The minimum atomic E-state index is -0.0539. The highest BCUT2D eigenvalue weighted by Gasteiger charge is 2.16. The van der Waals surface area contributed by atoms with Gasteiger partial charge in [0, 0.05) is 12.4 Å². The van der Waals surface area contributed by atoms with E-state index in [1.165, 1.54) is 5.57 Å². The van der Waals surface area contributed by atoms with E-state index >= 15 is 0 Å². The Kier molecular flexibility index (Phi) is 4.01. The molecule has 3 heteroatoms.